The molecule has 3 rings (SSSR count). The Morgan fingerprint density at radius 2 is 1.94 bits per heavy atom. The van der Waals surface area contributed by atoms with Crippen molar-refractivity contribution in [3.63, 3.8) is 0 Å². The van der Waals surface area contributed by atoms with Crippen LogP contribution in [0.2, 0.25) is 5.02 Å². The highest BCUT2D eigenvalue weighted by Crippen LogP contribution is 2.32. The van der Waals surface area contributed by atoms with Gasteiger partial charge in [0.25, 0.3) is 5.91 Å². The van der Waals surface area contributed by atoms with Crippen LogP contribution in [0, 0.1) is 11.3 Å². The number of H-pyrrole nitrogens is 1. The number of aliphatic carboxylic acids is 1. The fraction of sp³-hybridized carbons (Fsp3) is 0.520. The smallest absolute Gasteiger partial charge is 0.326 e. The number of aromatic amines is 1. The number of rotatable bonds is 9. The number of carbonyl (C=O) groups is 4. The molecular weight excluding hydrogens is 488 g/mol. The summed E-state index contributed by atoms with van der Waals surface area (Å²) in [6.07, 6.45) is 1.54. The van der Waals surface area contributed by atoms with E-state index < -0.39 is 35.8 Å². The van der Waals surface area contributed by atoms with E-state index in [1.807, 2.05) is 20.8 Å². The van der Waals surface area contributed by atoms with Gasteiger partial charge in [-0.3, -0.25) is 14.4 Å². The predicted octanol–water partition coefficient (Wildman–Crippen LogP) is 2.85. The molecule has 0 aliphatic carbocycles. The zero-order chi connectivity index (χ0) is 26.6. The monoisotopic (exact) mass is 520 g/mol. The van der Waals surface area contributed by atoms with Crippen LogP contribution in [0.25, 0.3) is 10.9 Å². The molecule has 11 heteroatoms. The van der Waals surface area contributed by atoms with E-state index in [0.717, 1.165) is 6.42 Å². The second-order valence-electron chi connectivity index (χ2n) is 10.3. The van der Waals surface area contributed by atoms with Gasteiger partial charge in [-0.05, 0) is 49.3 Å². The third-order valence-electron chi connectivity index (χ3n) is 6.14. The van der Waals surface area contributed by atoms with Crippen LogP contribution in [0.1, 0.15) is 56.9 Å². The molecule has 0 saturated carbocycles. The van der Waals surface area contributed by atoms with Gasteiger partial charge in [-0.25, -0.2) is 4.79 Å². The first-order valence-corrected chi connectivity index (χ1v) is 12.2. The van der Waals surface area contributed by atoms with Crippen LogP contribution in [0.15, 0.2) is 18.2 Å². The van der Waals surface area contributed by atoms with Gasteiger partial charge in [0.1, 0.15) is 23.5 Å². The predicted molar refractivity (Wildman–Crippen MR) is 135 cm³/mol. The number of amides is 3. The number of fused-ring (bicyclic) bond motifs is 1. The van der Waals surface area contributed by atoms with Gasteiger partial charge in [-0.15, -0.1) is 0 Å². The van der Waals surface area contributed by atoms with Crippen molar-refractivity contribution >= 4 is 46.2 Å². The Kier molecular flexibility index (Phi) is 8.50. The van der Waals surface area contributed by atoms with Gasteiger partial charge in [-0.2, -0.15) is 0 Å². The molecule has 0 radical (unpaired) electrons. The highest BCUT2D eigenvalue weighted by atomic mass is 35.5. The lowest BCUT2D eigenvalue weighted by atomic mass is 9.87. The molecule has 1 aliphatic rings. The van der Waals surface area contributed by atoms with Crippen molar-refractivity contribution in [3.05, 3.63) is 28.9 Å². The first kappa shape index (κ1) is 27.3. The Morgan fingerprint density at radius 1 is 1.22 bits per heavy atom. The molecule has 2 aromatic rings. The molecule has 36 heavy (non-hydrogen) atoms. The number of hydrogen-bond acceptors (Lipinski definition) is 5. The molecule has 3 amide bonds. The molecule has 0 spiro atoms. The number of carboxylic acid groups (broad SMARTS) is 1. The van der Waals surface area contributed by atoms with Crippen LogP contribution in [-0.2, 0) is 14.4 Å². The number of carboxylic acids is 1. The normalized spacial score (nSPS) is 17.7. The quantitative estimate of drug-likeness (QED) is 0.343. The molecule has 2 heterocycles. The van der Waals surface area contributed by atoms with E-state index in [1.165, 1.54) is 7.11 Å². The number of hydrogen-bond donors (Lipinski definition) is 5. The molecule has 1 aliphatic heterocycles. The zero-order valence-corrected chi connectivity index (χ0v) is 21.6. The van der Waals surface area contributed by atoms with Crippen LogP contribution in [-0.4, -0.2) is 59.5 Å². The van der Waals surface area contributed by atoms with Gasteiger partial charge >= 0.3 is 5.97 Å². The number of aromatic nitrogens is 1. The third kappa shape index (κ3) is 6.69. The standard InChI is InChI=1S/C25H33ClN4O6/c1-25(2,3)12-18(23(33)29-17(24(34)35)10-13-6-5-9-27-21(13)31)30-22(32)16-11-14-19(36-4)8-7-15(26)20(14)28-16/h7-8,11,13,17-18,28H,5-6,9-10,12H2,1-4H3,(H,27,31)(H,29,33)(H,30,32)(H,34,35). The number of halogens is 1. The van der Waals surface area contributed by atoms with E-state index in [9.17, 15) is 24.3 Å². The average molecular weight is 521 g/mol. The van der Waals surface area contributed by atoms with E-state index in [2.05, 4.69) is 20.9 Å². The molecule has 3 atom stereocenters. The van der Waals surface area contributed by atoms with E-state index >= 15 is 0 Å². The summed E-state index contributed by atoms with van der Waals surface area (Å²) >= 11 is 6.26. The van der Waals surface area contributed by atoms with Crippen LogP contribution in [0.3, 0.4) is 0 Å². The second-order valence-corrected chi connectivity index (χ2v) is 10.7. The van der Waals surface area contributed by atoms with Gasteiger partial charge in [-0.1, -0.05) is 32.4 Å². The lowest BCUT2D eigenvalue weighted by Crippen LogP contribution is -2.53. The van der Waals surface area contributed by atoms with Gasteiger partial charge in [0.15, 0.2) is 0 Å². The number of ether oxygens (including phenoxy) is 1. The highest BCUT2D eigenvalue weighted by molar-refractivity contribution is 6.35. The molecule has 3 unspecified atom stereocenters. The number of nitrogens with one attached hydrogen (secondary N) is 4. The summed E-state index contributed by atoms with van der Waals surface area (Å²) in [5.74, 6) is -2.60. The second kappa shape index (κ2) is 11.2. The first-order chi connectivity index (χ1) is 16.9. The summed E-state index contributed by atoms with van der Waals surface area (Å²) in [5, 5.41) is 18.7. The van der Waals surface area contributed by atoms with Crippen LogP contribution in [0.4, 0.5) is 0 Å². The molecule has 0 bridgehead atoms. The topological polar surface area (TPSA) is 150 Å². The van der Waals surface area contributed by atoms with Crippen molar-refractivity contribution < 1.29 is 29.0 Å². The largest absolute Gasteiger partial charge is 0.496 e. The van der Waals surface area contributed by atoms with Crippen molar-refractivity contribution in [3.8, 4) is 5.75 Å². The van der Waals surface area contributed by atoms with E-state index in [1.54, 1.807) is 18.2 Å². The minimum atomic E-state index is -1.26. The molecular formula is C25H33ClN4O6. The molecule has 1 saturated heterocycles. The van der Waals surface area contributed by atoms with Crippen LogP contribution in [0.5, 0.6) is 5.75 Å². The van der Waals surface area contributed by atoms with E-state index in [4.69, 9.17) is 16.3 Å². The minimum Gasteiger partial charge on any atom is -0.496 e. The van der Waals surface area contributed by atoms with Gasteiger partial charge in [0.2, 0.25) is 11.8 Å². The van der Waals surface area contributed by atoms with Gasteiger partial charge < -0.3 is 30.8 Å². The van der Waals surface area contributed by atoms with Crippen molar-refractivity contribution in [1.82, 2.24) is 20.9 Å². The lowest BCUT2D eigenvalue weighted by molar-refractivity contribution is -0.143. The first-order valence-electron chi connectivity index (χ1n) is 11.9. The Bertz CT molecular complexity index is 1160. The number of carbonyl (C=O) groups excluding carboxylic acids is 3. The van der Waals surface area contributed by atoms with Crippen molar-refractivity contribution in [2.45, 2.75) is 58.5 Å². The maximum Gasteiger partial charge on any atom is 0.326 e. The summed E-state index contributed by atoms with van der Waals surface area (Å²) in [6, 6.07) is 2.65. The summed E-state index contributed by atoms with van der Waals surface area (Å²) < 4.78 is 5.34. The van der Waals surface area contributed by atoms with Crippen molar-refractivity contribution in [2.75, 3.05) is 13.7 Å². The van der Waals surface area contributed by atoms with E-state index in [-0.39, 0.29) is 29.9 Å². The summed E-state index contributed by atoms with van der Waals surface area (Å²) in [6.45, 7) is 6.29. The molecule has 10 nitrogen and oxygen atoms in total. The maximum atomic E-state index is 13.2. The highest BCUT2D eigenvalue weighted by Gasteiger charge is 2.33. The molecule has 1 fully saturated rings. The number of piperidine rings is 1. The Labute approximate surface area is 214 Å². The average Bonchev–Trinajstić information content (AvgIpc) is 3.25. The van der Waals surface area contributed by atoms with Crippen molar-refractivity contribution in [1.29, 1.82) is 0 Å². The third-order valence-corrected chi connectivity index (χ3v) is 6.46. The SMILES string of the molecule is COc1ccc(Cl)c2[nH]c(C(=O)NC(CC(C)(C)C)C(=O)NC(CC3CCCNC3=O)C(=O)O)cc12. The minimum absolute atomic E-state index is 0.0244. The lowest BCUT2D eigenvalue weighted by Gasteiger charge is -2.29. The Hall–Kier alpha value is -3.27. The van der Waals surface area contributed by atoms with E-state index in [0.29, 0.717) is 34.6 Å². The summed E-state index contributed by atoms with van der Waals surface area (Å²) in [5.41, 5.74) is 0.344. The van der Waals surface area contributed by atoms with Crippen LogP contribution < -0.4 is 20.7 Å². The Balaban J connectivity index is 1.80. The summed E-state index contributed by atoms with van der Waals surface area (Å²) in [7, 11) is 1.51. The number of benzene rings is 1. The summed E-state index contributed by atoms with van der Waals surface area (Å²) in [4.78, 5) is 53.3. The molecule has 1 aromatic carbocycles. The molecule has 5 N–H and O–H groups in total. The zero-order valence-electron chi connectivity index (χ0n) is 20.9. The van der Waals surface area contributed by atoms with Gasteiger partial charge in [0.05, 0.1) is 17.6 Å². The van der Waals surface area contributed by atoms with Crippen molar-refractivity contribution in [2.24, 2.45) is 11.3 Å². The Morgan fingerprint density at radius 3 is 2.56 bits per heavy atom. The fourth-order valence-corrected chi connectivity index (χ4v) is 4.57. The molecule has 196 valence electrons. The van der Waals surface area contributed by atoms with Gasteiger partial charge in [0, 0.05) is 17.8 Å². The maximum absolute atomic E-state index is 13.2. The van der Waals surface area contributed by atoms with Crippen LogP contribution >= 0.6 is 11.6 Å². The molecule has 1 aromatic heterocycles. The number of methoxy groups -OCH3 is 1. The fourth-order valence-electron chi connectivity index (χ4n) is 4.36.